The second kappa shape index (κ2) is 5.03. The molecule has 1 aromatic carbocycles. The summed E-state index contributed by atoms with van der Waals surface area (Å²) in [5, 5.41) is 8.63. The zero-order valence-electron chi connectivity index (χ0n) is 8.74. The number of hydrogen-bond acceptors (Lipinski definition) is 3. The third kappa shape index (κ3) is 2.63. The van der Waals surface area contributed by atoms with Gasteiger partial charge in [-0.2, -0.15) is 0 Å². The number of aliphatic hydroxyl groups is 1. The summed E-state index contributed by atoms with van der Waals surface area (Å²) in [5.74, 6) is 1.77. The Morgan fingerprint density at radius 3 is 3.20 bits per heavy atom. The van der Waals surface area contributed by atoms with Crippen LogP contribution in [0.2, 0.25) is 0 Å². The van der Waals surface area contributed by atoms with Crippen molar-refractivity contribution in [1.82, 2.24) is 0 Å². The van der Waals surface area contributed by atoms with Gasteiger partial charge in [-0.25, -0.2) is 0 Å². The highest BCUT2D eigenvalue weighted by atomic mass is 16.5. The van der Waals surface area contributed by atoms with Gasteiger partial charge in [0.1, 0.15) is 11.5 Å². The molecule has 1 N–H and O–H groups in total. The second-order valence-electron chi connectivity index (χ2n) is 3.65. The van der Waals surface area contributed by atoms with Crippen molar-refractivity contribution in [2.75, 3.05) is 19.8 Å². The van der Waals surface area contributed by atoms with E-state index in [-0.39, 0.29) is 6.61 Å². The molecule has 3 nitrogen and oxygen atoms in total. The first-order chi connectivity index (χ1) is 7.40. The molecule has 3 heteroatoms. The van der Waals surface area contributed by atoms with Gasteiger partial charge in [0.05, 0.1) is 13.2 Å². The predicted molar refractivity (Wildman–Crippen MR) is 57.5 cm³/mol. The van der Waals surface area contributed by atoms with Crippen molar-refractivity contribution in [3.63, 3.8) is 0 Å². The highest BCUT2D eigenvalue weighted by molar-refractivity contribution is 5.41. The lowest BCUT2D eigenvalue weighted by molar-refractivity contribution is 0.232. The van der Waals surface area contributed by atoms with Crippen LogP contribution in [0.1, 0.15) is 18.4 Å². The van der Waals surface area contributed by atoms with E-state index < -0.39 is 0 Å². The number of rotatable bonds is 4. The summed E-state index contributed by atoms with van der Waals surface area (Å²) in [6.07, 6.45) is 2.85. The van der Waals surface area contributed by atoms with E-state index in [2.05, 4.69) is 6.07 Å². The third-order valence-corrected chi connectivity index (χ3v) is 2.46. The predicted octanol–water partition coefficient (Wildman–Crippen LogP) is 1.77. The molecular formula is C12H16O3. The second-order valence-corrected chi connectivity index (χ2v) is 3.65. The molecule has 15 heavy (non-hydrogen) atoms. The molecule has 0 spiro atoms. The third-order valence-electron chi connectivity index (χ3n) is 2.46. The minimum absolute atomic E-state index is 0.168. The highest BCUT2D eigenvalue weighted by Crippen LogP contribution is 2.28. The van der Waals surface area contributed by atoms with E-state index in [9.17, 15) is 0 Å². The maximum atomic E-state index is 8.63. The first-order valence-corrected chi connectivity index (χ1v) is 5.39. The molecule has 1 heterocycles. The van der Waals surface area contributed by atoms with E-state index in [1.807, 2.05) is 12.1 Å². The molecule has 0 fully saturated rings. The molecule has 0 radical (unpaired) electrons. The van der Waals surface area contributed by atoms with Crippen LogP contribution in [0, 0.1) is 0 Å². The number of benzene rings is 1. The molecule has 1 aliphatic rings. The van der Waals surface area contributed by atoms with Crippen LogP contribution in [0.25, 0.3) is 0 Å². The Kier molecular flexibility index (Phi) is 3.45. The van der Waals surface area contributed by atoms with Gasteiger partial charge in [-0.1, -0.05) is 6.07 Å². The summed E-state index contributed by atoms with van der Waals surface area (Å²) in [5.41, 5.74) is 1.26. The Hall–Kier alpha value is -1.22. The molecule has 0 saturated carbocycles. The van der Waals surface area contributed by atoms with Gasteiger partial charge < -0.3 is 14.6 Å². The topological polar surface area (TPSA) is 38.7 Å². The van der Waals surface area contributed by atoms with Crippen molar-refractivity contribution in [2.24, 2.45) is 0 Å². The number of aliphatic hydroxyl groups excluding tert-OH is 1. The SMILES string of the molecule is OCCCOc1ccc2c(c1)OCCC2. The smallest absolute Gasteiger partial charge is 0.126 e. The standard InChI is InChI=1S/C12H16O3/c13-6-2-8-14-11-5-4-10-3-1-7-15-12(10)9-11/h4-5,9,13H,1-3,6-8H2. The Morgan fingerprint density at radius 1 is 1.40 bits per heavy atom. The summed E-state index contributed by atoms with van der Waals surface area (Å²) in [4.78, 5) is 0. The normalized spacial score (nSPS) is 14.2. The minimum atomic E-state index is 0.168. The molecule has 0 aromatic heterocycles. The molecule has 0 saturated heterocycles. The molecule has 0 atom stereocenters. The summed E-state index contributed by atoms with van der Waals surface area (Å²) in [6, 6.07) is 5.96. The van der Waals surface area contributed by atoms with Crippen LogP contribution in [0.5, 0.6) is 11.5 Å². The van der Waals surface area contributed by atoms with Crippen LogP contribution in [0.4, 0.5) is 0 Å². The maximum Gasteiger partial charge on any atom is 0.126 e. The minimum Gasteiger partial charge on any atom is -0.493 e. The molecular weight excluding hydrogens is 192 g/mol. The van der Waals surface area contributed by atoms with E-state index in [1.54, 1.807) is 0 Å². The number of hydrogen-bond donors (Lipinski definition) is 1. The van der Waals surface area contributed by atoms with Crippen LogP contribution < -0.4 is 9.47 Å². The first-order valence-electron chi connectivity index (χ1n) is 5.39. The number of ether oxygens (including phenoxy) is 2. The average molecular weight is 208 g/mol. The van der Waals surface area contributed by atoms with Crippen LogP contribution in [-0.4, -0.2) is 24.9 Å². The molecule has 1 aromatic rings. The molecule has 0 bridgehead atoms. The largest absolute Gasteiger partial charge is 0.493 e. The summed E-state index contributed by atoms with van der Waals surface area (Å²) < 4.78 is 11.0. The molecule has 0 aliphatic carbocycles. The van der Waals surface area contributed by atoms with Crippen molar-refractivity contribution in [3.05, 3.63) is 23.8 Å². The fraction of sp³-hybridized carbons (Fsp3) is 0.500. The van der Waals surface area contributed by atoms with Gasteiger partial charge in [-0.3, -0.25) is 0 Å². The fourth-order valence-electron chi connectivity index (χ4n) is 1.66. The lowest BCUT2D eigenvalue weighted by Gasteiger charge is -2.17. The lowest BCUT2D eigenvalue weighted by Crippen LogP contribution is -2.08. The van der Waals surface area contributed by atoms with Crippen molar-refractivity contribution < 1.29 is 14.6 Å². The van der Waals surface area contributed by atoms with Crippen LogP contribution in [-0.2, 0) is 6.42 Å². The monoisotopic (exact) mass is 208 g/mol. The first kappa shape index (κ1) is 10.3. The lowest BCUT2D eigenvalue weighted by atomic mass is 10.1. The summed E-state index contributed by atoms with van der Waals surface area (Å²) in [6.45, 7) is 1.52. The van der Waals surface area contributed by atoms with Crippen molar-refractivity contribution in [3.8, 4) is 11.5 Å². The van der Waals surface area contributed by atoms with E-state index in [1.165, 1.54) is 5.56 Å². The number of aryl methyl sites for hydroxylation is 1. The molecule has 0 amide bonds. The van der Waals surface area contributed by atoms with Gasteiger partial charge in [0.2, 0.25) is 0 Å². The molecule has 1 aliphatic heterocycles. The van der Waals surface area contributed by atoms with Gasteiger partial charge >= 0.3 is 0 Å². The Morgan fingerprint density at radius 2 is 2.33 bits per heavy atom. The van der Waals surface area contributed by atoms with E-state index >= 15 is 0 Å². The van der Waals surface area contributed by atoms with E-state index in [4.69, 9.17) is 14.6 Å². The Labute approximate surface area is 89.6 Å². The average Bonchev–Trinajstić information content (AvgIpc) is 2.29. The van der Waals surface area contributed by atoms with Crippen LogP contribution in [0.3, 0.4) is 0 Å². The van der Waals surface area contributed by atoms with E-state index in [0.717, 1.165) is 30.9 Å². The van der Waals surface area contributed by atoms with Gasteiger partial charge in [-0.05, 0) is 24.5 Å². The molecule has 0 unspecified atom stereocenters. The Balaban J connectivity index is 2.00. The highest BCUT2D eigenvalue weighted by Gasteiger charge is 2.10. The van der Waals surface area contributed by atoms with Gasteiger partial charge in [0.15, 0.2) is 0 Å². The van der Waals surface area contributed by atoms with Gasteiger partial charge in [-0.15, -0.1) is 0 Å². The zero-order valence-corrected chi connectivity index (χ0v) is 8.74. The fourth-order valence-corrected chi connectivity index (χ4v) is 1.66. The Bertz CT molecular complexity index is 323. The van der Waals surface area contributed by atoms with Crippen molar-refractivity contribution >= 4 is 0 Å². The summed E-state index contributed by atoms with van der Waals surface area (Å²) >= 11 is 0. The quantitative estimate of drug-likeness (QED) is 0.766. The van der Waals surface area contributed by atoms with Crippen LogP contribution >= 0.6 is 0 Å². The van der Waals surface area contributed by atoms with Gasteiger partial charge in [0.25, 0.3) is 0 Å². The van der Waals surface area contributed by atoms with Crippen molar-refractivity contribution in [2.45, 2.75) is 19.3 Å². The molecule has 2 rings (SSSR count). The summed E-state index contributed by atoms with van der Waals surface area (Å²) in [7, 11) is 0. The van der Waals surface area contributed by atoms with Crippen LogP contribution in [0.15, 0.2) is 18.2 Å². The van der Waals surface area contributed by atoms with Crippen molar-refractivity contribution in [1.29, 1.82) is 0 Å². The maximum absolute atomic E-state index is 8.63. The van der Waals surface area contributed by atoms with Gasteiger partial charge in [0, 0.05) is 19.1 Å². The molecule has 82 valence electrons. The number of fused-ring (bicyclic) bond motifs is 1. The zero-order chi connectivity index (χ0) is 10.5. The van der Waals surface area contributed by atoms with E-state index in [0.29, 0.717) is 13.0 Å².